The summed E-state index contributed by atoms with van der Waals surface area (Å²) in [6.45, 7) is 0.943. The first-order valence-electron chi connectivity index (χ1n) is 10.1. The van der Waals surface area contributed by atoms with E-state index in [4.69, 9.17) is 4.74 Å². The highest BCUT2D eigenvalue weighted by atomic mass is 19.1. The number of methoxy groups -OCH3 is 1. The number of H-pyrrole nitrogens is 1. The number of nitrogens with one attached hydrogen (secondary N) is 1. The number of aromatic amines is 1. The Kier molecular flexibility index (Phi) is 5.95. The topological polar surface area (TPSA) is 118 Å². The van der Waals surface area contributed by atoms with E-state index in [1.807, 2.05) is 0 Å². The van der Waals surface area contributed by atoms with Gasteiger partial charge in [0.1, 0.15) is 5.82 Å². The summed E-state index contributed by atoms with van der Waals surface area (Å²) in [5.74, 6) is -1.05. The molecular formula is C22H21FN4O5. The Balaban J connectivity index is 1.68. The summed E-state index contributed by atoms with van der Waals surface area (Å²) in [5.41, 5.74) is -0.0441. The Bertz CT molecular complexity index is 1250. The van der Waals surface area contributed by atoms with Crippen molar-refractivity contribution in [3.05, 3.63) is 79.5 Å². The van der Waals surface area contributed by atoms with Crippen LogP contribution in [0.2, 0.25) is 0 Å². The van der Waals surface area contributed by atoms with Crippen LogP contribution in [0.4, 0.5) is 10.1 Å². The van der Waals surface area contributed by atoms with Gasteiger partial charge in [0.15, 0.2) is 0 Å². The second kappa shape index (κ2) is 8.83. The Morgan fingerprint density at radius 2 is 2.06 bits per heavy atom. The molecule has 0 saturated carbocycles. The lowest BCUT2D eigenvalue weighted by atomic mass is 10.0. The molecule has 0 atom stereocenters. The lowest BCUT2D eigenvalue weighted by Gasteiger charge is -2.31. The highest BCUT2D eigenvalue weighted by molar-refractivity contribution is 5.95. The van der Waals surface area contributed by atoms with Gasteiger partial charge in [0.2, 0.25) is 0 Å². The average Bonchev–Trinajstić information content (AvgIpc) is 2.81. The van der Waals surface area contributed by atoms with Crippen molar-refractivity contribution >= 4 is 22.4 Å². The number of carbonyl (C=O) groups excluding carboxylic acids is 1. The molecule has 1 aliphatic rings. The van der Waals surface area contributed by atoms with Gasteiger partial charge in [-0.2, -0.15) is 5.10 Å². The molecule has 10 heteroatoms. The predicted molar refractivity (Wildman–Crippen MR) is 114 cm³/mol. The van der Waals surface area contributed by atoms with Gasteiger partial charge in [-0.15, -0.1) is 0 Å². The van der Waals surface area contributed by atoms with Gasteiger partial charge >= 0.3 is 0 Å². The fourth-order valence-corrected chi connectivity index (χ4v) is 4.05. The van der Waals surface area contributed by atoms with Crippen molar-refractivity contribution in [3.63, 3.8) is 0 Å². The van der Waals surface area contributed by atoms with Gasteiger partial charge < -0.3 is 9.64 Å². The standard InChI is InChI=1S/C22H21FN4O5/c1-32-14-7-9-26(10-8-14)22(29)16-11-13(5-6-17(16)23)12-18-20-15(21(28)25-24-18)3-2-4-19(20)27(30)31/h2-6,11,14H,7-10,12H2,1H3,(H,25,28). The predicted octanol–water partition coefficient (Wildman–Crippen LogP) is 2.81. The summed E-state index contributed by atoms with van der Waals surface area (Å²) < 4.78 is 19.8. The Morgan fingerprint density at radius 1 is 1.31 bits per heavy atom. The van der Waals surface area contributed by atoms with Gasteiger partial charge in [-0.25, -0.2) is 9.49 Å². The number of nitro groups is 1. The molecule has 1 fully saturated rings. The molecule has 1 aliphatic heterocycles. The number of fused-ring (bicyclic) bond motifs is 1. The zero-order chi connectivity index (χ0) is 22.8. The summed E-state index contributed by atoms with van der Waals surface area (Å²) in [5, 5.41) is 18.1. The first kappa shape index (κ1) is 21.6. The Labute approximate surface area is 182 Å². The van der Waals surface area contributed by atoms with E-state index in [0.29, 0.717) is 31.5 Å². The molecular weight excluding hydrogens is 419 g/mol. The maximum absolute atomic E-state index is 14.5. The van der Waals surface area contributed by atoms with E-state index >= 15 is 0 Å². The van der Waals surface area contributed by atoms with Gasteiger partial charge in [-0.3, -0.25) is 19.7 Å². The molecule has 0 unspecified atom stereocenters. The molecule has 32 heavy (non-hydrogen) atoms. The molecule has 0 radical (unpaired) electrons. The van der Waals surface area contributed by atoms with Crippen LogP contribution in [-0.2, 0) is 11.2 Å². The van der Waals surface area contributed by atoms with E-state index in [-0.39, 0.29) is 40.2 Å². The van der Waals surface area contributed by atoms with Crippen LogP contribution in [0.25, 0.3) is 10.8 Å². The number of nitrogens with zero attached hydrogens (tertiary/aromatic N) is 3. The van der Waals surface area contributed by atoms with Crippen LogP contribution in [0.15, 0.2) is 41.2 Å². The number of piperidine rings is 1. The molecule has 3 aromatic rings. The van der Waals surface area contributed by atoms with Gasteiger partial charge in [0.25, 0.3) is 17.2 Å². The first-order chi connectivity index (χ1) is 15.4. The number of rotatable bonds is 5. The van der Waals surface area contributed by atoms with E-state index in [2.05, 4.69) is 10.2 Å². The van der Waals surface area contributed by atoms with Crippen LogP contribution in [0, 0.1) is 15.9 Å². The summed E-state index contributed by atoms with van der Waals surface area (Å²) in [6, 6.07) is 8.35. The number of nitro benzene ring substituents is 1. The number of benzene rings is 2. The van der Waals surface area contributed by atoms with Gasteiger partial charge in [0.05, 0.1) is 33.1 Å². The minimum atomic E-state index is -0.641. The van der Waals surface area contributed by atoms with E-state index in [1.165, 1.54) is 36.4 Å². The molecule has 2 aromatic carbocycles. The molecule has 9 nitrogen and oxygen atoms in total. The van der Waals surface area contributed by atoms with Crippen LogP contribution in [0.1, 0.15) is 34.5 Å². The van der Waals surface area contributed by atoms with Gasteiger partial charge in [-0.05, 0) is 36.6 Å². The number of halogens is 1. The molecule has 2 heterocycles. The number of aromatic nitrogens is 2. The van der Waals surface area contributed by atoms with Crippen molar-refractivity contribution in [1.29, 1.82) is 0 Å². The molecule has 1 aromatic heterocycles. The zero-order valence-corrected chi connectivity index (χ0v) is 17.3. The minimum Gasteiger partial charge on any atom is -0.381 e. The van der Waals surface area contributed by atoms with Crippen molar-refractivity contribution < 1.29 is 18.8 Å². The quantitative estimate of drug-likeness (QED) is 0.481. The normalized spacial score (nSPS) is 14.6. The summed E-state index contributed by atoms with van der Waals surface area (Å²) in [4.78, 5) is 37.5. The Morgan fingerprint density at radius 3 is 2.75 bits per heavy atom. The van der Waals surface area contributed by atoms with Crippen molar-refractivity contribution in [2.45, 2.75) is 25.4 Å². The zero-order valence-electron chi connectivity index (χ0n) is 17.3. The number of ether oxygens (including phenoxy) is 1. The number of hydrogen-bond donors (Lipinski definition) is 1. The monoisotopic (exact) mass is 440 g/mol. The third kappa shape index (κ3) is 4.09. The average molecular weight is 440 g/mol. The fraction of sp³-hybridized carbons (Fsp3) is 0.318. The Hall–Kier alpha value is -3.66. The van der Waals surface area contributed by atoms with Gasteiger partial charge in [-0.1, -0.05) is 12.1 Å². The summed E-state index contributed by atoms with van der Waals surface area (Å²) >= 11 is 0. The number of amides is 1. The maximum Gasteiger partial charge on any atom is 0.279 e. The van der Waals surface area contributed by atoms with Crippen molar-refractivity contribution in [2.75, 3.05) is 20.2 Å². The largest absolute Gasteiger partial charge is 0.381 e. The summed E-state index contributed by atoms with van der Waals surface area (Å²) in [6.07, 6.45) is 1.52. The number of hydrogen-bond acceptors (Lipinski definition) is 6. The van der Waals surface area contributed by atoms with Gasteiger partial charge in [0, 0.05) is 32.7 Å². The molecule has 1 N–H and O–H groups in total. The highest BCUT2D eigenvalue weighted by Gasteiger charge is 2.26. The molecule has 1 saturated heterocycles. The summed E-state index contributed by atoms with van der Waals surface area (Å²) in [7, 11) is 1.63. The molecule has 0 aliphatic carbocycles. The number of non-ortho nitro benzene ring substituents is 1. The van der Waals surface area contributed by atoms with E-state index in [1.54, 1.807) is 12.0 Å². The maximum atomic E-state index is 14.5. The third-order valence-electron chi connectivity index (χ3n) is 5.76. The highest BCUT2D eigenvalue weighted by Crippen LogP contribution is 2.27. The lowest BCUT2D eigenvalue weighted by Crippen LogP contribution is -2.41. The van der Waals surface area contributed by atoms with E-state index in [0.717, 1.165) is 0 Å². The number of likely N-dealkylation sites (tertiary alicyclic amines) is 1. The van der Waals surface area contributed by atoms with Crippen molar-refractivity contribution in [3.8, 4) is 0 Å². The second-order valence-electron chi connectivity index (χ2n) is 7.67. The smallest absolute Gasteiger partial charge is 0.279 e. The SMILES string of the molecule is COC1CCN(C(=O)c2cc(Cc3n[nH]c(=O)c4cccc([N+](=O)[O-])c34)ccc2F)CC1. The lowest BCUT2D eigenvalue weighted by molar-refractivity contribution is -0.383. The van der Waals surface area contributed by atoms with E-state index < -0.39 is 22.2 Å². The van der Waals surface area contributed by atoms with Crippen molar-refractivity contribution in [1.82, 2.24) is 15.1 Å². The third-order valence-corrected chi connectivity index (χ3v) is 5.76. The molecule has 0 spiro atoms. The first-order valence-corrected chi connectivity index (χ1v) is 10.1. The molecule has 4 rings (SSSR count). The van der Waals surface area contributed by atoms with Crippen molar-refractivity contribution in [2.24, 2.45) is 0 Å². The van der Waals surface area contributed by atoms with Crippen LogP contribution in [0.5, 0.6) is 0 Å². The van der Waals surface area contributed by atoms with Crippen LogP contribution < -0.4 is 5.56 Å². The second-order valence-corrected chi connectivity index (χ2v) is 7.67. The molecule has 166 valence electrons. The molecule has 0 bridgehead atoms. The molecule has 1 amide bonds. The van der Waals surface area contributed by atoms with E-state index in [9.17, 15) is 24.1 Å². The van der Waals surface area contributed by atoms with Crippen LogP contribution >= 0.6 is 0 Å². The fourth-order valence-electron chi connectivity index (χ4n) is 4.05. The van der Waals surface area contributed by atoms with Crippen LogP contribution in [0.3, 0.4) is 0 Å². The van der Waals surface area contributed by atoms with Crippen LogP contribution in [-0.4, -0.2) is 52.2 Å². The number of carbonyl (C=O) groups is 1. The minimum absolute atomic E-state index is 0.0680.